The van der Waals surface area contributed by atoms with Gasteiger partial charge in [-0.2, -0.15) is 8.78 Å². The van der Waals surface area contributed by atoms with Crippen molar-refractivity contribution in [1.82, 2.24) is 0 Å². The second kappa shape index (κ2) is 42.3. The third-order valence-electron chi connectivity index (χ3n) is 7.90. The van der Waals surface area contributed by atoms with E-state index in [9.17, 15) is 31.5 Å². The Morgan fingerprint density at radius 3 is 0.919 bits per heavy atom. The molecule has 0 heterocycles. The largest absolute Gasteiger partial charge is 0.463 e. The molecule has 62 heavy (non-hydrogen) atoms. The van der Waals surface area contributed by atoms with Crippen LogP contribution in [0.25, 0.3) is 0 Å². The molecule has 362 valence electrons. The van der Waals surface area contributed by atoms with Gasteiger partial charge in [0.05, 0.1) is 165 Å². The molecule has 1 aromatic rings. The minimum Gasteiger partial charge on any atom is -0.463 e. The van der Waals surface area contributed by atoms with Crippen LogP contribution in [-0.2, 0) is 71.2 Å². The monoisotopic (exact) mass is 910 g/mol. The number of esters is 2. The van der Waals surface area contributed by atoms with E-state index >= 15 is 0 Å². The van der Waals surface area contributed by atoms with Crippen molar-refractivity contribution in [3.63, 3.8) is 0 Å². The fraction of sp³-hybridized carbons (Fsp3) is 0.805. The minimum atomic E-state index is -2.35. The maximum absolute atomic E-state index is 13.6. The summed E-state index contributed by atoms with van der Waals surface area (Å²) in [6.45, 7) is 11.1. The Morgan fingerprint density at radius 1 is 0.323 bits per heavy atom. The number of halogens is 5. The van der Waals surface area contributed by atoms with Gasteiger partial charge in [0.2, 0.25) is 34.8 Å². The number of carbonyl (C=O) groups excluding carboxylic acids is 2. The van der Waals surface area contributed by atoms with Gasteiger partial charge in [0.15, 0.2) is 0 Å². The molecule has 0 aliphatic heterocycles. The molecule has 0 aromatic heterocycles. The van der Waals surface area contributed by atoms with Gasteiger partial charge in [-0.25, -0.2) is 13.2 Å². The molecule has 0 N–H and O–H groups in total. The van der Waals surface area contributed by atoms with Crippen molar-refractivity contribution < 1.29 is 97.9 Å². The van der Waals surface area contributed by atoms with E-state index in [0.717, 1.165) is 19.3 Å². The molecule has 0 amide bonds. The first-order valence-electron chi connectivity index (χ1n) is 21.1. The summed E-state index contributed by atoms with van der Waals surface area (Å²) in [5.41, 5.74) is 0. The number of hydrogen-bond donors (Lipinski definition) is 0. The van der Waals surface area contributed by atoms with Gasteiger partial charge in [-0.15, -0.1) is 0 Å². The van der Waals surface area contributed by atoms with Gasteiger partial charge < -0.3 is 66.3 Å². The molecule has 21 heteroatoms. The van der Waals surface area contributed by atoms with Crippen LogP contribution < -0.4 is 4.74 Å². The molecule has 0 aliphatic carbocycles. The van der Waals surface area contributed by atoms with Crippen molar-refractivity contribution in [2.45, 2.75) is 51.9 Å². The van der Waals surface area contributed by atoms with E-state index in [-0.39, 0.29) is 39.0 Å². The SMILES string of the molecule is CCCCCCCC(=O)OCCOCCOCCOCCOCCOCCOCCOCCOCCOCCOCCOCCOCCC(=O)Oc1c(F)c(F)c(F)c(F)c1F. The molecule has 0 saturated heterocycles. The van der Waals surface area contributed by atoms with Crippen molar-refractivity contribution in [3.8, 4) is 5.75 Å². The Balaban J connectivity index is 1.69. The summed E-state index contributed by atoms with van der Waals surface area (Å²) in [6, 6.07) is 0. The summed E-state index contributed by atoms with van der Waals surface area (Å²) in [6.07, 6.45) is 5.48. The quantitative estimate of drug-likeness (QED) is 0.0219. The Labute approximate surface area is 361 Å². The summed E-state index contributed by atoms with van der Waals surface area (Å²) < 4.78 is 141. The van der Waals surface area contributed by atoms with Crippen LogP contribution in [0.15, 0.2) is 0 Å². The zero-order valence-corrected chi connectivity index (χ0v) is 36.0. The smallest absolute Gasteiger partial charge is 0.313 e. The highest BCUT2D eigenvalue weighted by atomic mass is 19.2. The van der Waals surface area contributed by atoms with Crippen molar-refractivity contribution in [2.24, 2.45) is 0 Å². The average molecular weight is 911 g/mol. The lowest BCUT2D eigenvalue weighted by Gasteiger charge is -2.09. The first kappa shape index (κ1) is 57.3. The molecular formula is C41H67F5O16. The Kier molecular flexibility index (Phi) is 39.1. The Bertz CT molecular complexity index is 1210. The van der Waals surface area contributed by atoms with Crippen molar-refractivity contribution in [1.29, 1.82) is 0 Å². The third-order valence-corrected chi connectivity index (χ3v) is 7.90. The fourth-order valence-electron chi connectivity index (χ4n) is 4.68. The number of benzene rings is 1. The molecule has 0 bridgehead atoms. The van der Waals surface area contributed by atoms with E-state index in [1.165, 1.54) is 12.8 Å². The molecule has 0 radical (unpaired) electrons. The molecule has 0 unspecified atom stereocenters. The van der Waals surface area contributed by atoms with Crippen LogP contribution in [0.1, 0.15) is 51.9 Å². The second-order valence-corrected chi connectivity index (χ2v) is 12.9. The Hall–Kier alpha value is -2.67. The zero-order valence-electron chi connectivity index (χ0n) is 36.0. The highest BCUT2D eigenvalue weighted by molar-refractivity contribution is 5.72. The van der Waals surface area contributed by atoms with Gasteiger partial charge in [0.1, 0.15) is 6.61 Å². The summed E-state index contributed by atoms with van der Waals surface area (Å²) in [5.74, 6) is -14.3. The Morgan fingerprint density at radius 2 is 0.597 bits per heavy atom. The third kappa shape index (κ3) is 32.9. The normalized spacial score (nSPS) is 11.5. The molecular weight excluding hydrogens is 843 g/mol. The lowest BCUT2D eigenvalue weighted by molar-refractivity contribution is -0.145. The maximum Gasteiger partial charge on any atom is 0.313 e. The summed E-state index contributed by atoms with van der Waals surface area (Å²) in [5, 5.41) is 0. The molecule has 0 fully saturated rings. The van der Waals surface area contributed by atoms with Crippen LogP contribution in [0.5, 0.6) is 5.75 Å². The van der Waals surface area contributed by atoms with Gasteiger partial charge in [-0.3, -0.25) is 9.59 Å². The predicted octanol–water partition coefficient (Wildman–Crippen LogP) is 4.78. The summed E-state index contributed by atoms with van der Waals surface area (Å²) in [7, 11) is 0. The topological polar surface area (TPSA) is 163 Å². The molecule has 0 spiro atoms. The number of hydrogen-bond acceptors (Lipinski definition) is 16. The molecule has 1 aromatic carbocycles. The van der Waals surface area contributed by atoms with E-state index in [1.54, 1.807) is 0 Å². The zero-order chi connectivity index (χ0) is 45.1. The van der Waals surface area contributed by atoms with Crippen molar-refractivity contribution in [2.75, 3.05) is 165 Å². The lowest BCUT2D eigenvalue weighted by Crippen LogP contribution is -2.16. The summed E-state index contributed by atoms with van der Waals surface area (Å²) >= 11 is 0. The van der Waals surface area contributed by atoms with E-state index in [2.05, 4.69) is 11.7 Å². The minimum absolute atomic E-state index is 0.0744. The predicted molar refractivity (Wildman–Crippen MR) is 211 cm³/mol. The van der Waals surface area contributed by atoms with Gasteiger partial charge in [-0.05, 0) is 6.42 Å². The number of unbranched alkanes of at least 4 members (excludes halogenated alkanes) is 4. The average Bonchev–Trinajstić information content (AvgIpc) is 3.27. The highest BCUT2D eigenvalue weighted by Gasteiger charge is 2.28. The van der Waals surface area contributed by atoms with Crippen LogP contribution in [0.4, 0.5) is 22.0 Å². The number of ether oxygens (including phenoxy) is 14. The standard InChI is InChI=1S/C41H67F5O16/c1-2-3-4-5-6-7-34(47)61-33-32-60-31-30-59-29-28-58-27-26-57-25-24-56-23-22-55-21-20-54-19-18-53-17-16-52-15-14-51-13-12-50-11-10-49-9-8-35(48)62-41-39(45)37(43)36(42)38(44)40(41)46/h2-33H2,1H3. The first-order valence-corrected chi connectivity index (χ1v) is 21.1. The number of rotatable bonds is 46. The van der Waals surface area contributed by atoms with E-state index < -0.39 is 47.2 Å². The van der Waals surface area contributed by atoms with Crippen molar-refractivity contribution >= 4 is 11.9 Å². The first-order chi connectivity index (χ1) is 30.3. The van der Waals surface area contributed by atoms with E-state index in [0.29, 0.717) is 139 Å². The maximum atomic E-state index is 13.6. The van der Waals surface area contributed by atoms with E-state index in [4.69, 9.17) is 61.6 Å². The van der Waals surface area contributed by atoms with Crippen LogP contribution in [0.2, 0.25) is 0 Å². The molecule has 0 saturated carbocycles. The van der Waals surface area contributed by atoms with Crippen LogP contribution >= 0.6 is 0 Å². The van der Waals surface area contributed by atoms with E-state index in [1.807, 2.05) is 0 Å². The number of carbonyl (C=O) groups is 2. The van der Waals surface area contributed by atoms with Crippen LogP contribution in [0, 0.1) is 29.1 Å². The lowest BCUT2D eigenvalue weighted by atomic mass is 10.1. The molecule has 1 rings (SSSR count). The van der Waals surface area contributed by atoms with Gasteiger partial charge >= 0.3 is 11.9 Å². The molecule has 0 atom stereocenters. The van der Waals surface area contributed by atoms with Gasteiger partial charge in [-0.1, -0.05) is 32.6 Å². The van der Waals surface area contributed by atoms with Gasteiger partial charge in [0, 0.05) is 6.42 Å². The van der Waals surface area contributed by atoms with Crippen molar-refractivity contribution in [3.05, 3.63) is 29.1 Å². The highest BCUT2D eigenvalue weighted by Crippen LogP contribution is 2.29. The fourth-order valence-corrected chi connectivity index (χ4v) is 4.68. The van der Waals surface area contributed by atoms with Crippen LogP contribution in [0.3, 0.4) is 0 Å². The van der Waals surface area contributed by atoms with Crippen LogP contribution in [-0.4, -0.2) is 177 Å². The second-order valence-electron chi connectivity index (χ2n) is 12.9. The summed E-state index contributed by atoms with van der Waals surface area (Å²) in [4.78, 5) is 23.3. The molecule has 0 aliphatic rings. The molecule has 16 nitrogen and oxygen atoms in total. The van der Waals surface area contributed by atoms with Gasteiger partial charge in [0.25, 0.3) is 0 Å².